The Hall–Kier alpha value is -3.84. The fourth-order valence-electron chi connectivity index (χ4n) is 4.28. The molecule has 0 saturated heterocycles. The molecule has 5 rings (SSSR count). The number of halogens is 1. The highest BCUT2D eigenvalue weighted by Gasteiger charge is 2.34. The molecule has 0 saturated carbocycles. The first-order valence-electron chi connectivity index (χ1n) is 11.6. The van der Waals surface area contributed by atoms with Crippen LogP contribution >= 0.6 is 12.2 Å². The Morgan fingerprint density at radius 3 is 2.43 bits per heavy atom. The summed E-state index contributed by atoms with van der Waals surface area (Å²) >= 11 is 5.72. The van der Waals surface area contributed by atoms with E-state index in [0.717, 1.165) is 28.8 Å². The van der Waals surface area contributed by atoms with E-state index in [2.05, 4.69) is 29.5 Å². The van der Waals surface area contributed by atoms with E-state index >= 15 is 0 Å². The van der Waals surface area contributed by atoms with Crippen LogP contribution < -0.4 is 5.32 Å². The number of hydrogen-bond donors (Lipinski definition) is 1. The van der Waals surface area contributed by atoms with Gasteiger partial charge in [-0.05, 0) is 42.8 Å². The van der Waals surface area contributed by atoms with Gasteiger partial charge in [0.15, 0.2) is 5.11 Å². The maximum absolute atomic E-state index is 14.5. The van der Waals surface area contributed by atoms with Gasteiger partial charge < -0.3 is 14.7 Å². The minimum absolute atomic E-state index is 0.273. The summed E-state index contributed by atoms with van der Waals surface area (Å²) in [5.74, 6) is 0.647. The van der Waals surface area contributed by atoms with Crippen molar-refractivity contribution >= 4 is 22.9 Å². The summed E-state index contributed by atoms with van der Waals surface area (Å²) in [5, 5.41) is 8.19. The lowest BCUT2D eigenvalue weighted by Gasteiger charge is -2.37. The fraction of sp³-hybridized carbons (Fsp3) is 0.179. The summed E-state index contributed by atoms with van der Waals surface area (Å²) in [6.45, 7) is 4.36. The first-order valence-corrected chi connectivity index (χ1v) is 12.0. The van der Waals surface area contributed by atoms with Gasteiger partial charge in [0.1, 0.15) is 5.82 Å². The minimum Gasteiger partial charge on any atom is -0.351 e. The lowest BCUT2D eigenvalue weighted by Crippen LogP contribution is -2.45. The van der Waals surface area contributed by atoms with Gasteiger partial charge in [-0.25, -0.2) is 4.39 Å². The topological polar surface area (TPSA) is 54.2 Å². The smallest absolute Gasteiger partial charge is 0.258 e. The van der Waals surface area contributed by atoms with E-state index in [0.29, 0.717) is 22.4 Å². The number of benzene rings is 3. The summed E-state index contributed by atoms with van der Waals surface area (Å²) < 4.78 is 20.3. The SMILES string of the molecule is CCc1ccc(-c2noc(C3=C(C)N(Cc4ccccc4F)C(=S)NC3c3ccccc3)n2)cc1. The van der Waals surface area contributed by atoms with Crippen molar-refractivity contribution in [2.75, 3.05) is 0 Å². The van der Waals surface area contributed by atoms with Crippen molar-refractivity contribution in [3.8, 4) is 11.4 Å². The van der Waals surface area contributed by atoms with E-state index in [-0.39, 0.29) is 18.4 Å². The predicted molar refractivity (Wildman–Crippen MR) is 139 cm³/mol. The highest BCUT2D eigenvalue weighted by atomic mass is 32.1. The first-order chi connectivity index (χ1) is 17.0. The molecule has 0 bridgehead atoms. The lowest BCUT2D eigenvalue weighted by molar-refractivity contribution is 0.395. The standard InChI is InChI=1S/C28H25FN4OS/c1-3-19-13-15-21(16-14-19)26-31-27(34-32-26)24-18(2)33(17-22-11-7-8-12-23(22)29)28(35)30-25(24)20-9-5-4-6-10-20/h4-16,25H,3,17H2,1-2H3,(H,30,35). The average Bonchev–Trinajstić information content (AvgIpc) is 3.37. The van der Waals surface area contributed by atoms with Gasteiger partial charge in [-0.2, -0.15) is 4.98 Å². The Bertz CT molecular complexity index is 1380. The van der Waals surface area contributed by atoms with E-state index < -0.39 is 0 Å². The first kappa shape index (κ1) is 22.9. The zero-order valence-corrected chi connectivity index (χ0v) is 20.3. The van der Waals surface area contributed by atoms with Crippen LogP contribution in [0.25, 0.3) is 17.0 Å². The normalized spacial score (nSPS) is 15.9. The quantitative estimate of drug-likeness (QED) is 0.324. The van der Waals surface area contributed by atoms with E-state index in [1.807, 2.05) is 60.4 Å². The van der Waals surface area contributed by atoms with Crippen molar-refractivity contribution in [3.05, 3.63) is 113 Å². The summed E-state index contributed by atoms with van der Waals surface area (Å²) in [6, 6.07) is 24.6. The van der Waals surface area contributed by atoms with Crippen molar-refractivity contribution in [1.82, 2.24) is 20.4 Å². The molecule has 1 atom stereocenters. The zero-order chi connectivity index (χ0) is 24.4. The molecule has 0 amide bonds. The molecule has 0 fully saturated rings. The summed E-state index contributed by atoms with van der Waals surface area (Å²) in [4.78, 5) is 6.63. The molecule has 176 valence electrons. The lowest BCUT2D eigenvalue weighted by atomic mass is 9.94. The summed E-state index contributed by atoms with van der Waals surface area (Å²) in [6.07, 6.45) is 0.964. The minimum atomic E-state index is -0.281. The molecule has 1 N–H and O–H groups in total. The summed E-state index contributed by atoms with van der Waals surface area (Å²) in [7, 11) is 0. The number of nitrogens with zero attached hydrogens (tertiary/aromatic N) is 3. The largest absolute Gasteiger partial charge is 0.351 e. The van der Waals surface area contributed by atoms with Gasteiger partial charge in [0, 0.05) is 16.8 Å². The maximum atomic E-state index is 14.5. The van der Waals surface area contributed by atoms with Crippen molar-refractivity contribution < 1.29 is 8.91 Å². The van der Waals surface area contributed by atoms with Crippen LogP contribution in [0, 0.1) is 5.82 Å². The Morgan fingerprint density at radius 2 is 1.71 bits per heavy atom. The molecule has 7 heteroatoms. The third-order valence-electron chi connectivity index (χ3n) is 6.29. The third-order valence-corrected chi connectivity index (χ3v) is 6.63. The van der Waals surface area contributed by atoms with Gasteiger partial charge in [-0.3, -0.25) is 0 Å². The number of nitrogens with one attached hydrogen (secondary N) is 1. The van der Waals surface area contributed by atoms with E-state index in [9.17, 15) is 4.39 Å². The Kier molecular flexibility index (Phi) is 6.42. The highest BCUT2D eigenvalue weighted by Crippen LogP contribution is 2.38. The molecule has 5 nitrogen and oxygen atoms in total. The Balaban J connectivity index is 1.58. The van der Waals surface area contributed by atoms with Crippen LogP contribution in [0.1, 0.15) is 42.5 Å². The van der Waals surface area contributed by atoms with Gasteiger partial charge in [0.05, 0.1) is 18.2 Å². The average molecular weight is 485 g/mol. The van der Waals surface area contributed by atoms with Crippen LogP contribution in [0.2, 0.25) is 0 Å². The van der Waals surface area contributed by atoms with Gasteiger partial charge in [0.25, 0.3) is 5.89 Å². The number of rotatable bonds is 6. The molecular weight excluding hydrogens is 459 g/mol. The van der Waals surface area contributed by atoms with Crippen LogP contribution in [0.4, 0.5) is 4.39 Å². The molecular formula is C28H25FN4OS. The second kappa shape index (κ2) is 9.80. The second-order valence-corrected chi connectivity index (χ2v) is 8.83. The van der Waals surface area contributed by atoms with Gasteiger partial charge >= 0.3 is 0 Å². The summed E-state index contributed by atoms with van der Waals surface area (Å²) in [5.41, 5.74) is 5.34. The zero-order valence-electron chi connectivity index (χ0n) is 19.5. The molecule has 1 aliphatic rings. The molecule has 0 spiro atoms. The molecule has 0 radical (unpaired) electrons. The van der Waals surface area contributed by atoms with E-state index in [4.69, 9.17) is 21.7 Å². The number of aromatic nitrogens is 2. The van der Waals surface area contributed by atoms with Crippen molar-refractivity contribution in [2.45, 2.75) is 32.9 Å². The van der Waals surface area contributed by atoms with Crippen LogP contribution in [0.5, 0.6) is 0 Å². The molecule has 3 aromatic carbocycles. The van der Waals surface area contributed by atoms with Gasteiger partial charge in [-0.15, -0.1) is 0 Å². The van der Waals surface area contributed by atoms with Crippen LogP contribution in [0.15, 0.2) is 89.1 Å². The van der Waals surface area contributed by atoms with Crippen molar-refractivity contribution in [3.63, 3.8) is 0 Å². The molecule has 4 aromatic rings. The Labute approximate surface area is 209 Å². The van der Waals surface area contributed by atoms with Crippen LogP contribution in [0.3, 0.4) is 0 Å². The molecule has 0 aliphatic carbocycles. The number of thiocarbonyl (C=S) groups is 1. The number of hydrogen-bond acceptors (Lipinski definition) is 4. The molecule has 1 unspecified atom stereocenters. The van der Waals surface area contributed by atoms with E-state index in [1.54, 1.807) is 12.1 Å². The van der Waals surface area contributed by atoms with Gasteiger partial charge in [-0.1, -0.05) is 84.9 Å². The molecule has 2 heterocycles. The van der Waals surface area contributed by atoms with E-state index in [1.165, 1.54) is 11.6 Å². The number of allylic oxidation sites excluding steroid dienone is 1. The molecule has 35 heavy (non-hydrogen) atoms. The monoisotopic (exact) mass is 484 g/mol. The number of aryl methyl sites for hydroxylation is 1. The highest BCUT2D eigenvalue weighted by molar-refractivity contribution is 7.80. The van der Waals surface area contributed by atoms with Crippen LogP contribution in [-0.4, -0.2) is 20.2 Å². The molecule has 1 aromatic heterocycles. The maximum Gasteiger partial charge on any atom is 0.258 e. The van der Waals surface area contributed by atoms with Crippen LogP contribution in [-0.2, 0) is 13.0 Å². The Morgan fingerprint density at radius 1 is 1.00 bits per heavy atom. The molecule has 1 aliphatic heterocycles. The van der Waals surface area contributed by atoms with Crippen molar-refractivity contribution in [1.29, 1.82) is 0 Å². The third kappa shape index (κ3) is 4.59. The fourth-order valence-corrected chi connectivity index (χ4v) is 4.60. The predicted octanol–water partition coefficient (Wildman–Crippen LogP) is 6.30. The second-order valence-electron chi connectivity index (χ2n) is 8.44. The van der Waals surface area contributed by atoms with Gasteiger partial charge in [0.2, 0.25) is 5.82 Å². The van der Waals surface area contributed by atoms with Crippen molar-refractivity contribution in [2.24, 2.45) is 0 Å².